The second-order valence-electron chi connectivity index (χ2n) is 7.76. The molecule has 6 heteroatoms. The van der Waals surface area contributed by atoms with Crippen LogP contribution < -0.4 is 0 Å². The summed E-state index contributed by atoms with van der Waals surface area (Å²) in [6.45, 7) is 0. The van der Waals surface area contributed by atoms with E-state index < -0.39 is 0 Å². The van der Waals surface area contributed by atoms with Gasteiger partial charge in [-0.25, -0.2) is 0 Å². The molecule has 4 saturated carbocycles. The van der Waals surface area contributed by atoms with E-state index in [0.717, 1.165) is 37.0 Å². The van der Waals surface area contributed by atoms with E-state index >= 15 is 0 Å². The van der Waals surface area contributed by atoms with Crippen molar-refractivity contribution in [3.63, 3.8) is 0 Å². The summed E-state index contributed by atoms with van der Waals surface area (Å²) in [7, 11) is 0. The lowest BCUT2D eigenvalue weighted by Gasteiger charge is -2.55. The minimum Gasteiger partial charge on any atom is -0.459 e. The van der Waals surface area contributed by atoms with Crippen molar-refractivity contribution in [2.75, 3.05) is 5.75 Å². The van der Waals surface area contributed by atoms with E-state index in [1.807, 2.05) is 0 Å². The van der Waals surface area contributed by atoms with Gasteiger partial charge in [0.05, 0.1) is 12.0 Å². The molecule has 24 heavy (non-hydrogen) atoms. The first-order valence-corrected chi connectivity index (χ1v) is 9.72. The molecule has 0 unspecified atom stereocenters. The number of carbonyl (C=O) groups excluding carboxylic acids is 1. The second kappa shape index (κ2) is 5.48. The Kier molecular flexibility index (Phi) is 3.37. The molecule has 2 aromatic rings. The van der Waals surface area contributed by atoms with Gasteiger partial charge in [0.15, 0.2) is 5.76 Å². The monoisotopic (exact) mass is 344 g/mol. The highest BCUT2D eigenvalue weighted by Gasteiger charge is 2.54. The van der Waals surface area contributed by atoms with Crippen LogP contribution in [-0.4, -0.2) is 21.7 Å². The third-order valence-corrected chi connectivity index (χ3v) is 6.91. The van der Waals surface area contributed by atoms with Crippen LogP contribution in [0.4, 0.5) is 0 Å². The number of carbonyl (C=O) groups is 1. The van der Waals surface area contributed by atoms with Gasteiger partial charge in [0.1, 0.15) is 5.78 Å². The number of nitrogens with zero attached hydrogens (tertiary/aromatic N) is 2. The summed E-state index contributed by atoms with van der Waals surface area (Å²) >= 11 is 1.36. The van der Waals surface area contributed by atoms with Crippen LogP contribution in [-0.2, 0) is 4.79 Å². The van der Waals surface area contributed by atoms with Gasteiger partial charge in [-0.1, -0.05) is 11.8 Å². The van der Waals surface area contributed by atoms with Crippen LogP contribution in [0.2, 0.25) is 0 Å². The van der Waals surface area contributed by atoms with E-state index in [1.165, 1.54) is 31.0 Å². The minimum atomic E-state index is -0.0500. The average molecular weight is 344 g/mol. The van der Waals surface area contributed by atoms with Gasteiger partial charge in [0.2, 0.25) is 0 Å². The van der Waals surface area contributed by atoms with Crippen molar-refractivity contribution in [1.82, 2.24) is 10.2 Å². The Hall–Kier alpha value is -1.56. The van der Waals surface area contributed by atoms with Crippen molar-refractivity contribution in [1.29, 1.82) is 0 Å². The third-order valence-electron chi connectivity index (χ3n) is 6.09. The smallest absolute Gasteiger partial charge is 0.284 e. The molecule has 0 radical (unpaired) electrons. The molecular formula is C18H20N2O3S. The van der Waals surface area contributed by atoms with Crippen molar-refractivity contribution in [3.05, 3.63) is 18.4 Å². The Morgan fingerprint density at radius 3 is 2.50 bits per heavy atom. The van der Waals surface area contributed by atoms with Gasteiger partial charge in [-0.3, -0.25) is 4.79 Å². The zero-order valence-corrected chi connectivity index (χ0v) is 14.3. The number of rotatable bonds is 5. The Morgan fingerprint density at radius 1 is 1.17 bits per heavy atom. The third kappa shape index (κ3) is 2.42. The summed E-state index contributed by atoms with van der Waals surface area (Å²) in [6, 6.07) is 3.56. The van der Waals surface area contributed by atoms with Crippen LogP contribution in [0.3, 0.4) is 0 Å². The maximum absolute atomic E-state index is 13.0. The molecule has 5 nitrogen and oxygen atoms in total. The van der Waals surface area contributed by atoms with Crippen molar-refractivity contribution >= 4 is 17.5 Å². The number of hydrogen-bond donors (Lipinski definition) is 0. The summed E-state index contributed by atoms with van der Waals surface area (Å²) in [4.78, 5) is 13.0. The summed E-state index contributed by atoms with van der Waals surface area (Å²) in [5.74, 6) is 4.12. The molecule has 4 aliphatic carbocycles. The zero-order chi connectivity index (χ0) is 16.1. The Morgan fingerprint density at radius 2 is 1.88 bits per heavy atom. The molecule has 0 N–H and O–H groups in total. The predicted octanol–water partition coefficient (Wildman–Crippen LogP) is 4.21. The van der Waals surface area contributed by atoms with Crippen LogP contribution >= 0.6 is 11.8 Å². The maximum atomic E-state index is 13.0. The lowest BCUT2D eigenvalue weighted by molar-refractivity contribution is -0.141. The molecule has 0 amide bonds. The quantitative estimate of drug-likeness (QED) is 0.757. The first kappa shape index (κ1) is 14.8. The lowest BCUT2D eigenvalue weighted by Crippen LogP contribution is -2.50. The number of ketones is 1. The normalized spacial score (nSPS) is 33.9. The van der Waals surface area contributed by atoms with Crippen molar-refractivity contribution in [2.24, 2.45) is 23.2 Å². The van der Waals surface area contributed by atoms with Crippen LogP contribution in [0.15, 0.2) is 32.5 Å². The lowest BCUT2D eigenvalue weighted by atomic mass is 9.48. The maximum Gasteiger partial charge on any atom is 0.284 e. The molecule has 0 spiro atoms. The molecule has 4 bridgehead atoms. The number of Topliss-reactive ketones (excluding diaryl/α,β-unsaturated/α-hetero) is 1. The number of thioether (sulfide) groups is 1. The van der Waals surface area contributed by atoms with E-state index in [2.05, 4.69) is 10.2 Å². The van der Waals surface area contributed by atoms with Gasteiger partial charge < -0.3 is 8.83 Å². The molecule has 6 rings (SSSR count). The number of furan rings is 1. The fraction of sp³-hybridized carbons (Fsp3) is 0.611. The fourth-order valence-corrected chi connectivity index (χ4v) is 6.30. The first-order valence-electron chi connectivity index (χ1n) is 8.74. The molecule has 126 valence electrons. The summed E-state index contributed by atoms with van der Waals surface area (Å²) in [5.41, 5.74) is -0.0500. The Labute approximate surface area is 144 Å². The van der Waals surface area contributed by atoms with Crippen molar-refractivity contribution < 1.29 is 13.6 Å². The van der Waals surface area contributed by atoms with Crippen LogP contribution in [0.5, 0.6) is 0 Å². The van der Waals surface area contributed by atoms with Gasteiger partial charge in [-0.05, 0) is 68.4 Å². The molecular weight excluding hydrogens is 324 g/mol. The van der Waals surface area contributed by atoms with E-state index in [1.54, 1.807) is 18.4 Å². The fourth-order valence-electron chi connectivity index (χ4n) is 5.50. The molecule has 4 fully saturated rings. The van der Waals surface area contributed by atoms with E-state index in [-0.39, 0.29) is 5.41 Å². The average Bonchev–Trinajstić information content (AvgIpc) is 3.22. The highest BCUT2D eigenvalue weighted by atomic mass is 32.2. The van der Waals surface area contributed by atoms with E-state index in [4.69, 9.17) is 8.83 Å². The van der Waals surface area contributed by atoms with Gasteiger partial charge in [-0.15, -0.1) is 10.2 Å². The topological polar surface area (TPSA) is 69.1 Å². The van der Waals surface area contributed by atoms with Gasteiger partial charge in [0.25, 0.3) is 11.1 Å². The first-order chi connectivity index (χ1) is 11.7. The molecule has 0 aromatic carbocycles. The molecule has 0 atom stereocenters. The summed E-state index contributed by atoms with van der Waals surface area (Å²) in [6.07, 6.45) is 8.98. The standard InChI is InChI=1S/C18H20N2O3S/c21-15(18-7-11-4-12(8-18)6-13(5-11)9-18)10-24-17-20-19-16(23-17)14-2-1-3-22-14/h1-3,11-13H,4-10H2. The minimum absolute atomic E-state index is 0.0500. The van der Waals surface area contributed by atoms with Gasteiger partial charge in [0, 0.05) is 5.41 Å². The predicted molar refractivity (Wildman–Crippen MR) is 88.3 cm³/mol. The van der Waals surface area contributed by atoms with Crippen LogP contribution in [0, 0.1) is 23.2 Å². The molecule has 0 aliphatic heterocycles. The van der Waals surface area contributed by atoms with Crippen LogP contribution in [0.25, 0.3) is 11.7 Å². The molecule has 2 aromatic heterocycles. The highest BCUT2D eigenvalue weighted by molar-refractivity contribution is 7.99. The van der Waals surface area contributed by atoms with Crippen molar-refractivity contribution in [3.8, 4) is 11.7 Å². The second-order valence-corrected chi connectivity index (χ2v) is 8.69. The van der Waals surface area contributed by atoms with E-state index in [9.17, 15) is 4.79 Å². The Bertz CT molecular complexity index is 717. The van der Waals surface area contributed by atoms with E-state index in [0.29, 0.717) is 28.4 Å². The van der Waals surface area contributed by atoms with Crippen molar-refractivity contribution in [2.45, 2.75) is 43.7 Å². The SMILES string of the molecule is O=C(CSc1nnc(-c2ccco2)o1)C12CC3CC(CC(C3)C1)C2. The van der Waals surface area contributed by atoms with Crippen LogP contribution in [0.1, 0.15) is 38.5 Å². The van der Waals surface area contributed by atoms with Gasteiger partial charge >= 0.3 is 0 Å². The summed E-state index contributed by atoms with van der Waals surface area (Å²) < 4.78 is 10.8. The Balaban J connectivity index is 1.26. The number of aromatic nitrogens is 2. The summed E-state index contributed by atoms with van der Waals surface area (Å²) in [5, 5.41) is 8.45. The molecule has 2 heterocycles. The largest absolute Gasteiger partial charge is 0.459 e. The molecule has 4 aliphatic rings. The number of hydrogen-bond acceptors (Lipinski definition) is 6. The highest BCUT2D eigenvalue weighted by Crippen LogP contribution is 2.60. The zero-order valence-electron chi connectivity index (χ0n) is 13.4. The van der Waals surface area contributed by atoms with Gasteiger partial charge in [-0.2, -0.15) is 0 Å². The molecule has 0 saturated heterocycles.